The molecule has 0 spiro atoms. The van der Waals surface area contributed by atoms with Gasteiger partial charge in [0, 0.05) is 0 Å². The molecule has 1 rings (SSSR count). The zero-order valence-corrected chi connectivity index (χ0v) is 4.28. The highest BCUT2D eigenvalue weighted by molar-refractivity contribution is 7.07. The molecule has 0 aromatic carbocycles. The number of allylic oxidation sites excluding steroid dienone is 2. The normalized spacial score (nSPS) is 19.8. The molecule has 0 fully saturated rings. The van der Waals surface area contributed by atoms with Gasteiger partial charge < -0.3 is 0 Å². The molecular formula is C4H6BCl. The third-order valence-corrected chi connectivity index (χ3v) is 1.31. The van der Waals surface area contributed by atoms with Crippen LogP contribution in [0.4, 0.5) is 0 Å². The second-order valence-electron chi connectivity index (χ2n) is 1.54. The van der Waals surface area contributed by atoms with Crippen LogP contribution < -0.4 is 0 Å². The van der Waals surface area contributed by atoms with Crippen molar-refractivity contribution in [2.45, 2.75) is 12.6 Å². The molecule has 32 valence electrons. The maximum atomic E-state index is 5.65. The van der Waals surface area contributed by atoms with Crippen LogP contribution in [0.25, 0.3) is 0 Å². The summed E-state index contributed by atoms with van der Waals surface area (Å²) in [4.78, 5) is 0. The van der Waals surface area contributed by atoms with E-state index in [-0.39, 0.29) is 0 Å². The number of halogens is 1. The number of hydrogen-bond acceptors (Lipinski definition) is 0. The lowest BCUT2D eigenvalue weighted by Crippen LogP contribution is -1.90. The molecule has 0 saturated heterocycles. The van der Waals surface area contributed by atoms with Gasteiger partial charge in [-0.3, -0.25) is 0 Å². The van der Waals surface area contributed by atoms with Crippen molar-refractivity contribution in [3.8, 4) is 0 Å². The monoisotopic (exact) mass is 100 g/mol. The van der Waals surface area contributed by atoms with Gasteiger partial charge in [0.05, 0.1) is 0 Å². The van der Waals surface area contributed by atoms with E-state index in [1.54, 1.807) is 0 Å². The van der Waals surface area contributed by atoms with Crippen molar-refractivity contribution in [1.29, 1.82) is 0 Å². The first-order valence-electron chi connectivity index (χ1n) is 2.18. The minimum absolute atomic E-state index is 0.407. The highest BCUT2D eigenvalue weighted by atomic mass is 35.5. The quantitative estimate of drug-likeness (QED) is 0.322. The first-order chi connectivity index (χ1) is 2.89. The van der Waals surface area contributed by atoms with Crippen molar-refractivity contribution in [2.24, 2.45) is 0 Å². The van der Waals surface area contributed by atoms with Crippen molar-refractivity contribution in [2.75, 3.05) is 0 Å². The Labute approximate surface area is 43.2 Å². The average Bonchev–Trinajstić information content (AvgIpc) is 1.86. The van der Waals surface area contributed by atoms with Gasteiger partial charge in [-0.05, 0) is 12.6 Å². The van der Waals surface area contributed by atoms with Crippen LogP contribution in [0.2, 0.25) is 12.6 Å². The van der Waals surface area contributed by atoms with Crippen LogP contribution in [0.1, 0.15) is 0 Å². The topological polar surface area (TPSA) is 0 Å². The standard InChI is InChI=1S/C4H6BCl/c6-5-3-1-2-4-5/h1-2H,3-4H2. The molecule has 0 nitrogen and oxygen atoms in total. The van der Waals surface area contributed by atoms with Gasteiger partial charge in [0.1, 0.15) is 0 Å². The number of rotatable bonds is 0. The molecule has 1 aliphatic rings. The van der Waals surface area contributed by atoms with E-state index in [0.717, 1.165) is 12.6 Å². The summed E-state index contributed by atoms with van der Waals surface area (Å²) in [6.45, 7) is 0. The Morgan fingerprint density at radius 2 is 1.83 bits per heavy atom. The molecule has 0 N–H and O–H groups in total. The molecule has 1 heterocycles. The molecule has 6 heavy (non-hydrogen) atoms. The van der Waals surface area contributed by atoms with E-state index in [1.165, 1.54) is 0 Å². The summed E-state index contributed by atoms with van der Waals surface area (Å²) in [7, 11) is 0. The molecule has 0 radical (unpaired) electrons. The van der Waals surface area contributed by atoms with Gasteiger partial charge in [-0.2, -0.15) is 11.5 Å². The first-order valence-corrected chi connectivity index (χ1v) is 2.62. The van der Waals surface area contributed by atoms with E-state index in [0.29, 0.717) is 6.13 Å². The minimum Gasteiger partial charge on any atom is -0.195 e. The molecule has 0 aliphatic carbocycles. The van der Waals surface area contributed by atoms with Crippen molar-refractivity contribution >= 4 is 17.6 Å². The summed E-state index contributed by atoms with van der Waals surface area (Å²) >= 11 is 5.65. The molecule has 0 aromatic heterocycles. The zero-order chi connectivity index (χ0) is 4.41. The van der Waals surface area contributed by atoms with E-state index in [4.69, 9.17) is 11.5 Å². The Kier molecular flexibility index (Phi) is 1.20. The molecule has 0 atom stereocenters. The second-order valence-corrected chi connectivity index (χ2v) is 2.16. The van der Waals surface area contributed by atoms with Crippen LogP contribution in [-0.2, 0) is 0 Å². The van der Waals surface area contributed by atoms with Crippen LogP contribution in [0.3, 0.4) is 0 Å². The lowest BCUT2D eigenvalue weighted by atomic mass is 9.74. The highest BCUT2D eigenvalue weighted by Crippen LogP contribution is 2.12. The Morgan fingerprint density at radius 1 is 1.33 bits per heavy atom. The highest BCUT2D eigenvalue weighted by Gasteiger charge is 2.09. The number of hydrogen-bond donors (Lipinski definition) is 0. The van der Waals surface area contributed by atoms with Gasteiger partial charge in [-0.15, -0.1) is 0 Å². The average molecular weight is 100 g/mol. The molecule has 2 heteroatoms. The van der Waals surface area contributed by atoms with E-state index in [1.807, 2.05) is 0 Å². The van der Waals surface area contributed by atoms with E-state index >= 15 is 0 Å². The summed E-state index contributed by atoms with van der Waals surface area (Å²) in [6.07, 6.45) is 6.79. The fourth-order valence-electron chi connectivity index (χ4n) is 0.584. The van der Waals surface area contributed by atoms with Gasteiger partial charge in [-0.25, -0.2) is 0 Å². The Bertz CT molecular complexity index is 61.9. The Hall–Kier alpha value is 0.0949. The van der Waals surface area contributed by atoms with Crippen molar-refractivity contribution in [3.05, 3.63) is 12.2 Å². The Morgan fingerprint density at radius 3 is 2.00 bits per heavy atom. The molecule has 0 saturated carbocycles. The summed E-state index contributed by atoms with van der Waals surface area (Å²) in [6, 6.07) is 0. The van der Waals surface area contributed by atoms with Gasteiger partial charge in [-0.1, -0.05) is 12.2 Å². The maximum Gasteiger partial charge on any atom is 0.258 e. The van der Waals surface area contributed by atoms with Crippen LogP contribution in [0, 0.1) is 0 Å². The van der Waals surface area contributed by atoms with Gasteiger partial charge in [0.25, 0.3) is 6.13 Å². The van der Waals surface area contributed by atoms with Crippen LogP contribution in [0.5, 0.6) is 0 Å². The second kappa shape index (κ2) is 1.70. The van der Waals surface area contributed by atoms with E-state index in [9.17, 15) is 0 Å². The summed E-state index contributed by atoms with van der Waals surface area (Å²) in [5, 5.41) is 0. The van der Waals surface area contributed by atoms with Crippen molar-refractivity contribution in [1.82, 2.24) is 0 Å². The summed E-state index contributed by atoms with van der Waals surface area (Å²) in [5.74, 6) is 0. The van der Waals surface area contributed by atoms with Gasteiger partial charge in [0.2, 0.25) is 0 Å². The molecule has 0 unspecified atom stereocenters. The first kappa shape index (κ1) is 4.26. The van der Waals surface area contributed by atoms with Gasteiger partial charge in [0.15, 0.2) is 0 Å². The largest absolute Gasteiger partial charge is 0.258 e. The van der Waals surface area contributed by atoms with Crippen molar-refractivity contribution < 1.29 is 0 Å². The smallest absolute Gasteiger partial charge is 0.195 e. The third-order valence-electron chi connectivity index (χ3n) is 0.950. The zero-order valence-electron chi connectivity index (χ0n) is 3.52. The molecule has 1 aliphatic heterocycles. The summed E-state index contributed by atoms with van der Waals surface area (Å²) in [5.41, 5.74) is 0. The lowest BCUT2D eigenvalue weighted by Gasteiger charge is -1.82. The minimum atomic E-state index is 0.407. The predicted octanol–water partition coefficient (Wildman–Crippen LogP) is 1.79. The van der Waals surface area contributed by atoms with Crippen LogP contribution in [0.15, 0.2) is 12.2 Å². The SMILES string of the molecule is ClB1CC=CC1. The lowest BCUT2D eigenvalue weighted by molar-refractivity contribution is 1.75. The fourth-order valence-corrected chi connectivity index (χ4v) is 0.790. The van der Waals surface area contributed by atoms with E-state index < -0.39 is 0 Å². The molecule has 0 aromatic rings. The van der Waals surface area contributed by atoms with Gasteiger partial charge >= 0.3 is 0 Å². The maximum absolute atomic E-state index is 5.65. The summed E-state index contributed by atoms with van der Waals surface area (Å²) < 4.78 is 0. The Balaban J connectivity index is 2.32. The molecule has 0 amide bonds. The third kappa shape index (κ3) is 0.779. The molecule has 0 bridgehead atoms. The van der Waals surface area contributed by atoms with E-state index in [2.05, 4.69) is 12.2 Å². The predicted molar refractivity (Wildman–Crippen MR) is 30.4 cm³/mol. The van der Waals surface area contributed by atoms with Crippen molar-refractivity contribution in [3.63, 3.8) is 0 Å². The van der Waals surface area contributed by atoms with Crippen LogP contribution >= 0.6 is 11.5 Å². The van der Waals surface area contributed by atoms with Crippen LogP contribution in [-0.4, -0.2) is 6.13 Å². The fraction of sp³-hybridized carbons (Fsp3) is 0.500. The molecular weight excluding hydrogens is 94.3 g/mol.